The highest BCUT2D eigenvalue weighted by atomic mass is 32.2. The number of rotatable bonds is 6. The lowest BCUT2D eigenvalue weighted by Crippen LogP contribution is -2.10. The second kappa shape index (κ2) is 8.13. The van der Waals surface area contributed by atoms with Crippen molar-refractivity contribution in [3.8, 4) is 22.5 Å². The van der Waals surface area contributed by atoms with Gasteiger partial charge in [-0.1, -0.05) is 17.3 Å². The van der Waals surface area contributed by atoms with Crippen molar-refractivity contribution in [3.63, 3.8) is 0 Å². The number of benzene rings is 1. The minimum atomic E-state index is -0.312. The fourth-order valence-electron chi connectivity index (χ4n) is 2.96. The number of aromatic amines is 1. The molecule has 0 aliphatic rings. The van der Waals surface area contributed by atoms with E-state index in [1.807, 2.05) is 22.2 Å². The molecule has 10 heteroatoms. The van der Waals surface area contributed by atoms with Gasteiger partial charge in [0.15, 0.2) is 0 Å². The van der Waals surface area contributed by atoms with Gasteiger partial charge in [-0.05, 0) is 29.1 Å². The zero-order valence-electron chi connectivity index (χ0n) is 15.3. The first-order valence-corrected chi connectivity index (χ1v) is 11.8. The average Bonchev–Trinajstić information content (AvgIpc) is 3.49. The van der Waals surface area contributed by atoms with E-state index in [0.717, 1.165) is 16.7 Å². The van der Waals surface area contributed by atoms with Gasteiger partial charge >= 0.3 is 0 Å². The second-order valence-electron chi connectivity index (χ2n) is 6.37. The van der Waals surface area contributed by atoms with Gasteiger partial charge in [-0.3, -0.25) is 4.79 Å². The first kappa shape index (κ1) is 19.2. The lowest BCUT2D eigenvalue weighted by Gasteiger charge is -2.02. The van der Waals surface area contributed by atoms with E-state index in [-0.39, 0.29) is 11.4 Å². The van der Waals surface area contributed by atoms with Crippen molar-refractivity contribution < 1.29 is 8.91 Å². The van der Waals surface area contributed by atoms with E-state index in [4.69, 9.17) is 4.52 Å². The number of thioether (sulfide) groups is 1. The largest absolute Gasteiger partial charge is 0.338 e. The van der Waals surface area contributed by atoms with Crippen molar-refractivity contribution in [2.24, 2.45) is 0 Å². The Hall–Kier alpha value is -2.82. The smallest absolute Gasteiger partial charge is 0.260 e. The Kier molecular flexibility index (Phi) is 5.19. The van der Waals surface area contributed by atoms with Gasteiger partial charge in [0.2, 0.25) is 11.7 Å². The summed E-state index contributed by atoms with van der Waals surface area (Å²) in [6.07, 6.45) is 0. The fourth-order valence-corrected chi connectivity index (χ4v) is 5.29. The number of aromatic nitrogens is 4. The molecule has 0 aliphatic carbocycles. The van der Waals surface area contributed by atoms with E-state index >= 15 is 0 Å². The molecule has 30 heavy (non-hydrogen) atoms. The molecule has 0 bridgehead atoms. The maximum absolute atomic E-state index is 13.2. The zero-order valence-corrected chi connectivity index (χ0v) is 17.7. The van der Waals surface area contributed by atoms with Gasteiger partial charge in [-0.15, -0.1) is 23.1 Å². The Balaban J connectivity index is 1.31. The molecule has 0 saturated heterocycles. The number of fused-ring (bicyclic) bond motifs is 1. The Morgan fingerprint density at radius 1 is 1.07 bits per heavy atom. The molecule has 0 spiro atoms. The summed E-state index contributed by atoms with van der Waals surface area (Å²) in [5.41, 5.74) is 2.28. The predicted octanol–water partition coefficient (Wildman–Crippen LogP) is 5.34. The van der Waals surface area contributed by atoms with Crippen LogP contribution in [0.5, 0.6) is 0 Å². The van der Waals surface area contributed by atoms with Crippen molar-refractivity contribution in [3.05, 3.63) is 74.4 Å². The molecule has 5 rings (SSSR count). The number of thiophene rings is 2. The average molecular weight is 457 g/mol. The number of halogens is 1. The molecular weight excluding hydrogens is 443 g/mol. The van der Waals surface area contributed by atoms with Crippen LogP contribution in [-0.4, -0.2) is 20.1 Å². The molecule has 0 fully saturated rings. The Labute approximate surface area is 181 Å². The van der Waals surface area contributed by atoms with Gasteiger partial charge in [0.1, 0.15) is 16.5 Å². The maximum atomic E-state index is 13.2. The molecular formula is C20H13FN4O2S3. The Morgan fingerprint density at radius 3 is 2.73 bits per heavy atom. The monoisotopic (exact) mass is 456 g/mol. The van der Waals surface area contributed by atoms with Crippen LogP contribution in [-0.2, 0) is 11.5 Å². The summed E-state index contributed by atoms with van der Waals surface area (Å²) in [5, 5.41) is 10.3. The summed E-state index contributed by atoms with van der Waals surface area (Å²) >= 11 is 4.50. The molecule has 1 aromatic carbocycles. The van der Waals surface area contributed by atoms with Crippen molar-refractivity contribution in [2.45, 2.75) is 11.5 Å². The van der Waals surface area contributed by atoms with E-state index in [9.17, 15) is 9.18 Å². The Bertz CT molecular complexity index is 1360. The van der Waals surface area contributed by atoms with E-state index in [1.54, 1.807) is 23.5 Å². The van der Waals surface area contributed by atoms with Crippen LogP contribution in [0.15, 0.2) is 55.8 Å². The quantitative estimate of drug-likeness (QED) is 0.371. The van der Waals surface area contributed by atoms with Crippen LogP contribution in [0, 0.1) is 5.82 Å². The van der Waals surface area contributed by atoms with Gasteiger partial charge in [-0.25, -0.2) is 9.37 Å². The van der Waals surface area contributed by atoms with Crippen LogP contribution in [0.25, 0.3) is 32.7 Å². The third-order valence-electron chi connectivity index (χ3n) is 4.36. The van der Waals surface area contributed by atoms with Crippen LogP contribution >= 0.6 is 34.4 Å². The molecule has 5 aromatic rings. The fraction of sp³-hybridized carbons (Fsp3) is 0.100. The van der Waals surface area contributed by atoms with E-state index in [2.05, 4.69) is 20.1 Å². The van der Waals surface area contributed by atoms with Crippen molar-refractivity contribution in [1.82, 2.24) is 20.1 Å². The topological polar surface area (TPSA) is 84.7 Å². The minimum Gasteiger partial charge on any atom is -0.338 e. The highest BCUT2D eigenvalue weighted by molar-refractivity contribution is 7.97. The van der Waals surface area contributed by atoms with Crippen LogP contribution in [0.3, 0.4) is 0 Å². The zero-order chi connectivity index (χ0) is 20.5. The first-order chi connectivity index (χ1) is 14.7. The molecule has 1 N–H and O–H groups in total. The number of H-pyrrole nitrogens is 1. The van der Waals surface area contributed by atoms with Gasteiger partial charge in [0, 0.05) is 21.9 Å². The summed E-state index contributed by atoms with van der Waals surface area (Å²) in [6.45, 7) is 0. The van der Waals surface area contributed by atoms with Crippen molar-refractivity contribution in [1.29, 1.82) is 0 Å². The molecule has 4 aromatic heterocycles. The standard InChI is InChI=1S/C20H13FN4O2S3/c21-13-3-1-11(2-4-13)14-8-30-20-17(14)19(26)22-15(23-20)9-29-10-16-24-18(25-27-16)12-5-6-28-7-12/h1-8H,9-10H2,(H,22,23,26). The third-order valence-corrected chi connectivity index (χ3v) is 6.84. The van der Waals surface area contributed by atoms with Gasteiger partial charge in [0.25, 0.3) is 5.56 Å². The molecule has 0 amide bonds. The van der Waals surface area contributed by atoms with E-state index in [0.29, 0.717) is 39.3 Å². The number of hydrogen-bond donors (Lipinski definition) is 1. The van der Waals surface area contributed by atoms with Crippen LogP contribution in [0.1, 0.15) is 11.7 Å². The lowest BCUT2D eigenvalue weighted by molar-refractivity contribution is 0.391. The molecule has 0 saturated carbocycles. The molecule has 150 valence electrons. The molecule has 0 radical (unpaired) electrons. The highest BCUT2D eigenvalue weighted by Gasteiger charge is 2.14. The third kappa shape index (κ3) is 3.81. The number of nitrogens with one attached hydrogen (secondary N) is 1. The van der Waals surface area contributed by atoms with Crippen LogP contribution in [0.4, 0.5) is 4.39 Å². The highest BCUT2D eigenvalue weighted by Crippen LogP contribution is 2.31. The molecule has 4 heterocycles. The van der Waals surface area contributed by atoms with Gasteiger partial charge in [0.05, 0.1) is 16.9 Å². The second-order valence-corrected chi connectivity index (χ2v) is 8.99. The molecule has 6 nitrogen and oxygen atoms in total. The lowest BCUT2D eigenvalue weighted by atomic mass is 10.1. The molecule has 0 aliphatic heterocycles. The summed E-state index contributed by atoms with van der Waals surface area (Å²) < 4.78 is 18.5. The van der Waals surface area contributed by atoms with Crippen LogP contribution in [0.2, 0.25) is 0 Å². The summed E-state index contributed by atoms with van der Waals surface area (Å²) in [5.74, 6) is 2.40. The number of hydrogen-bond acceptors (Lipinski definition) is 8. The number of nitrogens with zero attached hydrogens (tertiary/aromatic N) is 3. The summed E-state index contributed by atoms with van der Waals surface area (Å²) in [7, 11) is 0. The Morgan fingerprint density at radius 2 is 1.93 bits per heavy atom. The van der Waals surface area contributed by atoms with Crippen molar-refractivity contribution in [2.75, 3.05) is 0 Å². The summed E-state index contributed by atoms with van der Waals surface area (Å²) in [4.78, 5) is 25.2. The summed E-state index contributed by atoms with van der Waals surface area (Å²) in [6, 6.07) is 8.03. The minimum absolute atomic E-state index is 0.200. The van der Waals surface area contributed by atoms with E-state index < -0.39 is 0 Å². The maximum Gasteiger partial charge on any atom is 0.260 e. The van der Waals surface area contributed by atoms with Crippen molar-refractivity contribution >= 4 is 44.7 Å². The van der Waals surface area contributed by atoms with Gasteiger partial charge in [-0.2, -0.15) is 16.3 Å². The SMILES string of the molecule is O=c1[nH]c(CSCc2nc(-c3ccsc3)no2)nc2scc(-c3ccc(F)cc3)c12. The normalized spacial score (nSPS) is 11.4. The molecule has 0 unspecified atom stereocenters. The van der Waals surface area contributed by atoms with E-state index in [1.165, 1.54) is 35.2 Å². The van der Waals surface area contributed by atoms with Gasteiger partial charge < -0.3 is 9.51 Å². The molecule has 0 atom stereocenters. The predicted molar refractivity (Wildman–Crippen MR) is 118 cm³/mol. The first-order valence-electron chi connectivity index (χ1n) is 8.86. The van der Waals surface area contributed by atoms with Crippen LogP contribution < -0.4 is 5.56 Å².